The summed E-state index contributed by atoms with van der Waals surface area (Å²) in [4.78, 5) is 42.3. The predicted molar refractivity (Wildman–Crippen MR) is 84.9 cm³/mol. The predicted octanol–water partition coefficient (Wildman–Crippen LogP) is 1.16. The molecule has 114 valence electrons. The van der Waals surface area contributed by atoms with Gasteiger partial charge < -0.3 is 10.6 Å². The summed E-state index contributed by atoms with van der Waals surface area (Å²) in [5.41, 5.74) is 5.28. The summed E-state index contributed by atoms with van der Waals surface area (Å²) >= 11 is 6.58. The molecule has 0 unspecified atom stereocenters. The van der Waals surface area contributed by atoms with E-state index in [1.54, 1.807) is 38.4 Å². The summed E-state index contributed by atoms with van der Waals surface area (Å²) in [7, 11) is 3.30. The highest BCUT2D eigenvalue weighted by Crippen LogP contribution is 2.13. The Labute approximate surface area is 132 Å². The Balaban J connectivity index is 0.000000342. The zero-order chi connectivity index (χ0) is 16.6. The molecule has 0 radical (unpaired) electrons. The monoisotopic (exact) mass is 329 g/mol. The third kappa shape index (κ3) is 7.37. The maximum atomic E-state index is 10.9. The van der Waals surface area contributed by atoms with Gasteiger partial charge in [-0.2, -0.15) is 0 Å². The van der Waals surface area contributed by atoms with Crippen molar-refractivity contribution in [3.8, 4) is 0 Å². The largest absolute Gasteiger partial charge is 0.361 e. The van der Waals surface area contributed by atoms with Crippen molar-refractivity contribution in [2.75, 3.05) is 14.1 Å². The van der Waals surface area contributed by atoms with Gasteiger partial charge in [0, 0.05) is 14.1 Å². The number of carbonyl (C=O) groups excluding carboxylic acids is 4. The quantitative estimate of drug-likeness (QED) is 0.423. The van der Waals surface area contributed by atoms with Gasteiger partial charge in [0.15, 0.2) is 0 Å². The van der Waals surface area contributed by atoms with Crippen LogP contribution in [-0.2, 0) is 0 Å². The summed E-state index contributed by atoms with van der Waals surface area (Å²) < 4.78 is 0. The Morgan fingerprint density at radius 3 is 1.57 bits per heavy atom. The van der Waals surface area contributed by atoms with Crippen molar-refractivity contribution in [1.29, 1.82) is 0 Å². The Bertz CT molecular complexity index is 524. The molecule has 7 nitrogen and oxygen atoms in total. The van der Waals surface area contributed by atoms with Gasteiger partial charge in [0.05, 0.1) is 11.1 Å². The number of nitrogens with two attached hydrogens (primary N) is 1. The minimum Gasteiger partial charge on any atom is -0.361 e. The second-order valence-electron chi connectivity index (χ2n) is 3.84. The molecule has 0 bridgehead atoms. The van der Waals surface area contributed by atoms with Crippen LogP contribution in [0.15, 0.2) is 24.3 Å². The summed E-state index contributed by atoms with van der Waals surface area (Å²) in [5.74, 6) is -0.601. The van der Waals surface area contributed by atoms with Crippen LogP contribution < -0.4 is 11.1 Å². The molecule has 21 heavy (non-hydrogen) atoms. The maximum absolute atomic E-state index is 10.9. The van der Waals surface area contributed by atoms with E-state index in [-0.39, 0.29) is 17.1 Å². The lowest BCUT2D eigenvalue weighted by Gasteiger charge is -2.01. The van der Waals surface area contributed by atoms with Crippen molar-refractivity contribution in [3.05, 3.63) is 35.4 Å². The van der Waals surface area contributed by atoms with E-state index >= 15 is 0 Å². The minimum atomic E-state index is -0.639. The lowest BCUT2D eigenvalue weighted by Crippen LogP contribution is -2.19. The molecular weight excluding hydrogens is 314 g/mol. The normalized spacial score (nSPS) is 11.0. The van der Waals surface area contributed by atoms with Gasteiger partial charge in [0.1, 0.15) is 0 Å². The molecule has 4 amide bonds. The first kappa shape index (κ1) is 19.0. The molecule has 1 heterocycles. The lowest BCUT2D eigenvalue weighted by atomic mass is 10.1. The lowest BCUT2D eigenvalue weighted by molar-refractivity contribution is 0.0879. The second-order valence-corrected chi connectivity index (χ2v) is 4.67. The molecule has 0 saturated heterocycles. The Morgan fingerprint density at radius 2 is 1.33 bits per heavy atom. The number of nitrogens with one attached hydrogen (secondary N) is 1. The SMILES string of the molecule is CN(C)C(=O)S.NC(=O)S.O=C1NC(=O)c2ccccc21. The molecule has 3 N–H and O–H groups in total. The molecule has 0 fully saturated rings. The fraction of sp³-hybridized carbons (Fsp3) is 0.167. The van der Waals surface area contributed by atoms with E-state index in [1.165, 1.54) is 4.90 Å². The zero-order valence-electron chi connectivity index (χ0n) is 11.4. The van der Waals surface area contributed by atoms with Gasteiger partial charge in [-0.05, 0) is 12.1 Å². The molecule has 0 spiro atoms. The summed E-state index contributed by atoms with van der Waals surface area (Å²) in [6, 6.07) is 6.74. The van der Waals surface area contributed by atoms with Gasteiger partial charge in [-0.1, -0.05) is 37.4 Å². The van der Waals surface area contributed by atoms with Crippen LogP contribution >= 0.6 is 25.3 Å². The number of thiol groups is 2. The first-order valence-electron chi connectivity index (χ1n) is 5.50. The van der Waals surface area contributed by atoms with Crippen molar-refractivity contribution >= 4 is 47.6 Å². The Morgan fingerprint density at radius 1 is 1.05 bits per heavy atom. The van der Waals surface area contributed by atoms with Crippen LogP contribution in [0.4, 0.5) is 9.59 Å². The number of amides is 4. The van der Waals surface area contributed by atoms with Gasteiger partial charge in [0.25, 0.3) is 22.3 Å². The van der Waals surface area contributed by atoms with Crippen molar-refractivity contribution in [1.82, 2.24) is 10.2 Å². The van der Waals surface area contributed by atoms with E-state index in [0.29, 0.717) is 11.1 Å². The Kier molecular flexibility index (Phi) is 8.17. The van der Waals surface area contributed by atoms with E-state index in [9.17, 15) is 14.4 Å². The highest BCUT2D eigenvalue weighted by Gasteiger charge is 2.25. The molecule has 1 aliphatic rings. The average molecular weight is 329 g/mol. The molecular formula is C12H15N3O4S2. The smallest absolute Gasteiger partial charge is 0.278 e. The molecule has 9 heteroatoms. The van der Waals surface area contributed by atoms with E-state index in [1.807, 2.05) is 0 Å². The molecule has 1 aliphatic heterocycles. The molecule has 0 atom stereocenters. The number of hydrogen-bond donors (Lipinski definition) is 4. The summed E-state index contributed by atoms with van der Waals surface area (Å²) in [5, 5.41) is 1.35. The van der Waals surface area contributed by atoms with Crippen molar-refractivity contribution in [3.63, 3.8) is 0 Å². The van der Waals surface area contributed by atoms with Crippen LogP contribution in [0.3, 0.4) is 0 Å². The molecule has 0 saturated carbocycles. The number of hydrogen-bond acceptors (Lipinski definition) is 4. The fourth-order valence-corrected chi connectivity index (χ4v) is 1.12. The molecule has 0 aliphatic carbocycles. The number of rotatable bonds is 0. The molecule has 0 aromatic heterocycles. The highest BCUT2D eigenvalue weighted by molar-refractivity contribution is 7.96. The summed E-state index contributed by atoms with van der Waals surface area (Å²) in [6.07, 6.45) is 0. The third-order valence-electron chi connectivity index (χ3n) is 2.03. The Hall–Kier alpha value is -2.00. The van der Waals surface area contributed by atoms with Crippen molar-refractivity contribution in [2.45, 2.75) is 0 Å². The van der Waals surface area contributed by atoms with Crippen LogP contribution in [0.25, 0.3) is 0 Å². The highest BCUT2D eigenvalue weighted by atomic mass is 32.1. The number of imide groups is 1. The van der Waals surface area contributed by atoms with Crippen LogP contribution in [0.5, 0.6) is 0 Å². The zero-order valence-corrected chi connectivity index (χ0v) is 13.2. The van der Waals surface area contributed by atoms with E-state index in [4.69, 9.17) is 4.79 Å². The van der Waals surface area contributed by atoms with Gasteiger partial charge in [0.2, 0.25) is 0 Å². The third-order valence-corrected chi connectivity index (χ3v) is 2.43. The van der Waals surface area contributed by atoms with Gasteiger partial charge in [-0.25, -0.2) is 0 Å². The van der Waals surface area contributed by atoms with Crippen LogP contribution in [0.1, 0.15) is 20.7 Å². The first-order valence-corrected chi connectivity index (χ1v) is 6.39. The number of nitrogens with zero attached hydrogens (tertiary/aromatic N) is 1. The first-order chi connectivity index (χ1) is 9.66. The van der Waals surface area contributed by atoms with E-state index in [2.05, 4.69) is 36.3 Å². The van der Waals surface area contributed by atoms with Gasteiger partial charge in [-0.15, -0.1) is 0 Å². The fourth-order valence-electron chi connectivity index (χ4n) is 1.12. The van der Waals surface area contributed by atoms with E-state index in [0.717, 1.165) is 0 Å². The van der Waals surface area contributed by atoms with Gasteiger partial charge >= 0.3 is 0 Å². The van der Waals surface area contributed by atoms with Gasteiger partial charge in [-0.3, -0.25) is 24.5 Å². The summed E-state index contributed by atoms with van der Waals surface area (Å²) in [6.45, 7) is 0. The average Bonchev–Trinajstić information content (AvgIpc) is 2.66. The second kappa shape index (κ2) is 9.03. The minimum absolute atomic E-state index is 0.213. The van der Waals surface area contributed by atoms with E-state index < -0.39 is 5.24 Å². The number of carbonyl (C=O) groups is 4. The maximum Gasteiger partial charge on any atom is 0.278 e. The molecule has 1 aromatic carbocycles. The number of primary amides is 1. The standard InChI is InChI=1S/C8H5NO2.C3H7NOS.CH3NOS/c10-7-5-3-1-2-4-6(5)8(11)9-7;1-4(2)3(5)6;2-1(3)4/h1-4H,(H,9,10,11);1-2H3,(H,5,6);(H3,2,3,4). The van der Waals surface area contributed by atoms with Crippen LogP contribution in [-0.4, -0.2) is 41.3 Å². The van der Waals surface area contributed by atoms with Crippen molar-refractivity contribution < 1.29 is 19.2 Å². The molecule has 1 aromatic rings. The van der Waals surface area contributed by atoms with Crippen LogP contribution in [0.2, 0.25) is 0 Å². The van der Waals surface area contributed by atoms with Crippen molar-refractivity contribution in [2.24, 2.45) is 5.73 Å². The topological polar surface area (TPSA) is 110 Å². The van der Waals surface area contributed by atoms with Crippen LogP contribution in [0, 0.1) is 0 Å². The number of fused-ring (bicyclic) bond motifs is 1. The molecule has 2 rings (SSSR count). The number of benzene rings is 1.